The van der Waals surface area contributed by atoms with E-state index in [4.69, 9.17) is 11.6 Å². The zero-order valence-electron chi connectivity index (χ0n) is 18.1. The van der Waals surface area contributed by atoms with Crippen LogP contribution in [0, 0.1) is 0 Å². The number of carbonyl (C=O) groups is 1. The molecule has 0 spiro atoms. The Morgan fingerprint density at radius 1 is 1.13 bits per heavy atom. The van der Waals surface area contributed by atoms with Crippen LogP contribution in [0.5, 0.6) is 0 Å². The predicted molar refractivity (Wildman–Crippen MR) is 128 cm³/mol. The molecule has 0 unspecified atom stereocenters. The third-order valence-corrected chi connectivity index (χ3v) is 6.98. The average Bonchev–Trinajstić information content (AvgIpc) is 3.23. The van der Waals surface area contributed by atoms with E-state index in [2.05, 4.69) is 43.3 Å². The fourth-order valence-corrected chi connectivity index (χ4v) is 4.95. The van der Waals surface area contributed by atoms with E-state index in [9.17, 15) is 9.90 Å². The number of nitrogens with zero attached hydrogens (tertiary/aromatic N) is 2. The summed E-state index contributed by atoms with van der Waals surface area (Å²) in [7, 11) is 0. The summed E-state index contributed by atoms with van der Waals surface area (Å²) < 4.78 is 0. The molecule has 3 heterocycles. The second-order valence-corrected chi connectivity index (χ2v) is 10.4. The Bertz CT molecular complexity index is 1090. The summed E-state index contributed by atoms with van der Waals surface area (Å²) in [6.07, 6.45) is 2.81. The van der Waals surface area contributed by atoms with Crippen molar-refractivity contribution in [2.75, 3.05) is 13.1 Å². The number of amides is 1. The molecule has 2 aromatic heterocycles. The summed E-state index contributed by atoms with van der Waals surface area (Å²) in [5.74, 6) is -0.0298. The number of piperidine rings is 1. The molecule has 1 N–H and O–H groups in total. The first-order valence-electron chi connectivity index (χ1n) is 10.5. The van der Waals surface area contributed by atoms with E-state index in [0.29, 0.717) is 36.5 Å². The van der Waals surface area contributed by atoms with Gasteiger partial charge in [0.2, 0.25) is 0 Å². The van der Waals surface area contributed by atoms with Crippen molar-refractivity contribution in [3.63, 3.8) is 0 Å². The van der Waals surface area contributed by atoms with E-state index in [1.165, 1.54) is 0 Å². The van der Waals surface area contributed by atoms with Crippen LogP contribution < -0.4 is 0 Å². The minimum atomic E-state index is -0.303. The molecule has 0 bridgehead atoms. The Labute approximate surface area is 192 Å². The van der Waals surface area contributed by atoms with Crippen LogP contribution in [0.4, 0.5) is 0 Å². The molecule has 1 fully saturated rings. The number of hydrogen-bond donors (Lipinski definition) is 1. The van der Waals surface area contributed by atoms with Gasteiger partial charge in [-0.1, -0.05) is 38.4 Å². The molecule has 0 saturated carbocycles. The number of likely N-dealkylation sites (tertiary alicyclic amines) is 1. The standard InChI is InChI=1S/C25H27ClN2O2S/c1-25(2,3)23-14-16(6-9-27-23)22-13-18(15-31-22)20-5-4-17(12-21(20)26)24(30)28-10-7-19(29)8-11-28/h4-6,9,12-15,19,29H,7-8,10-11H2,1-3H3. The van der Waals surface area contributed by atoms with Gasteiger partial charge in [0.25, 0.3) is 5.91 Å². The highest BCUT2D eigenvalue weighted by Crippen LogP contribution is 2.37. The zero-order chi connectivity index (χ0) is 22.2. The molecule has 0 radical (unpaired) electrons. The molecule has 31 heavy (non-hydrogen) atoms. The number of carbonyl (C=O) groups excluding carboxylic acids is 1. The van der Waals surface area contributed by atoms with E-state index >= 15 is 0 Å². The molecule has 1 aromatic carbocycles. The molecular formula is C25H27ClN2O2S. The number of pyridine rings is 1. The molecule has 4 nitrogen and oxygen atoms in total. The Hall–Kier alpha value is -2.21. The average molecular weight is 455 g/mol. The normalized spacial score (nSPS) is 15.3. The maximum absolute atomic E-state index is 12.8. The van der Waals surface area contributed by atoms with Crippen molar-refractivity contribution in [1.82, 2.24) is 9.88 Å². The largest absolute Gasteiger partial charge is 0.393 e. The van der Waals surface area contributed by atoms with Crippen LogP contribution in [0.3, 0.4) is 0 Å². The second kappa shape index (κ2) is 8.73. The molecule has 1 aliphatic rings. The zero-order valence-corrected chi connectivity index (χ0v) is 19.6. The number of benzene rings is 1. The van der Waals surface area contributed by atoms with E-state index in [0.717, 1.165) is 27.3 Å². The second-order valence-electron chi connectivity index (χ2n) is 9.10. The van der Waals surface area contributed by atoms with Gasteiger partial charge in [0.05, 0.1) is 6.10 Å². The highest BCUT2D eigenvalue weighted by atomic mass is 35.5. The van der Waals surface area contributed by atoms with Crippen LogP contribution in [0.15, 0.2) is 48.0 Å². The number of hydrogen-bond acceptors (Lipinski definition) is 4. The van der Waals surface area contributed by atoms with E-state index in [1.807, 2.05) is 24.4 Å². The number of aliphatic hydroxyl groups excluding tert-OH is 1. The van der Waals surface area contributed by atoms with Gasteiger partial charge in [0, 0.05) is 51.4 Å². The van der Waals surface area contributed by atoms with Crippen LogP contribution >= 0.6 is 22.9 Å². The molecular weight excluding hydrogens is 428 g/mol. The van der Waals surface area contributed by atoms with Crippen LogP contribution in [-0.2, 0) is 5.41 Å². The van der Waals surface area contributed by atoms with Crippen molar-refractivity contribution in [2.45, 2.75) is 45.1 Å². The first-order valence-corrected chi connectivity index (χ1v) is 11.8. The topological polar surface area (TPSA) is 53.4 Å². The lowest BCUT2D eigenvalue weighted by Gasteiger charge is -2.29. The smallest absolute Gasteiger partial charge is 0.253 e. The number of thiophene rings is 1. The predicted octanol–water partition coefficient (Wildman–Crippen LogP) is 6.02. The number of aliphatic hydroxyl groups is 1. The molecule has 4 rings (SSSR count). The lowest BCUT2D eigenvalue weighted by Crippen LogP contribution is -2.40. The third-order valence-electron chi connectivity index (χ3n) is 5.69. The van der Waals surface area contributed by atoms with Gasteiger partial charge in [-0.15, -0.1) is 11.3 Å². The summed E-state index contributed by atoms with van der Waals surface area (Å²) >= 11 is 8.27. The molecule has 0 atom stereocenters. The van der Waals surface area contributed by atoms with Gasteiger partial charge in [0.1, 0.15) is 0 Å². The third kappa shape index (κ3) is 4.84. The van der Waals surface area contributed by atoms with Gasteiger partial charge in [-0.05, 0) is 59.7 Å². The lowest BCUT2D eigenvalue weighted by molar-refractivity contribution is 0.0546. The number of aromatic nitrogens is 1. The minimum absolute atomic E-state index is 0.00573. The SMILES string of the molecule is CC(C)(C)c1cc(-c2cc(-c3ccc(C(=O)N4CCC(O)CC4)cc3Cl)cs2)ccn1. The fourth-order valence-electron chi connectivity index (χ4n) is 3.76. The van der Waals surface area contributed by atoms with E-state index in [-0.39, 0.29) is 17.4 Å². The molecule has 3 aromatic rings. The number of halogens is 1. The summed E-state index contributed by atoms with van der Waals surface area (Å²) in [5, 5.41) is 12.3. The van der Waals surface area contributed by atoms with Gasteiger partial charge in [0.15, 0.2) is 0 Å². The van der Waals surface area contributed by atoms with E-state index < -0.39 is 0 Å². The summed E-state index contributed by atoms with van der Waals surface area (Å²) in [6.45, 7) is 7.64. The molecule has 0 aliphatic carbocycles. The molecule has 1 amide bonds. The van der Waals surface area contributed by atoms with Gasteiger partial charge in [-0.25, -0.2) is 0 Å². The highest BCUT2D eigenvalue weighted by Gasteiger charge is 2.23. The monoisotopic (exact) mass is 454 g/mol. The Morgan fingerprint density at radius 2 is 1.87 bits per heavy atom. The lowest BCUT2D eigenvalue weighted by atomic mass is 9.90. The van der Waals surface area contributed by atoms with Gasteiger partial charge in [-0.3, -0.25) is 9.78 Å². The van der Waals surface area contributed by atoms with Crippen molar-refractivity contribution in [2.24, 2.45) is 0 Å². The summed E-state index contributed by atoms with van der Waals surface area (Å²) in [4.78, 5) is 20.3. The molecule has 1 aliphatic heterocycles. The summed E-state index contributed by atoms with van der Waals surface area (Å²) in [5.41, 5.74) is 4.75. The van der Waals surface area contributed by atoms with Gasteiger partial charge in [-0.2, -0.15) is 0 Å². The summed E-state index contributed by atoms with van der Waals surface area (Å²) in [6, 6.07) is 11.8. The number of rotatable bonds is 3. The van der Waals surface area contributed by atoms with Crippen molar-refractivity contribution in [3.8, 4) is 21.6 Å². The maximum atomic E-state index is 12.8. The Balaban J connectivity index is 1.56. The van der Waals surface area contributed by atoms with Crippen molar-refractivity contribution in [3.05, 3.63) is 64.3 Å². The molecule has 6 heteroatoms. The van der Waals surface area contributed by atoms with Crippen LogP contribution in [-0.4, -0.2) is 40.1 Å². The first-order chi connectivity index (χ1) is 14.7. The first kappa shape index (κ1) is 22.0. The van der Waals surface area contributed by atoms with Crippen LogP contribution in [0.2, 0.25) is 5.02 Å². The van der Waals surface area contributed by atoms with Crippen LogP contribution in [0.1, 0.15) is 49.7 Å². The van der Waals surface area contributed by atoms with Gasteiger partial charge < -0.3 is 10.0 Å². The minimum Gasteiger partial charge on any atom is -0.393 e. The van der Waals surface area contributed by atoms with Gasteiger partial charge >= 0.3 is 0 Å². The fraction of sp³-hybridized carbons (Fsp3) is 0.360. The Morgan fingerprint density at radius 3 is 2.55 bits per heavy atom. The maximum Gasteiger partial charge on any atom is 0.253 e. The van der Waals surface area contributed by atoms with Crippen molar-refractivity contribution in [1.29, 1.82) is 0 Å². The quantitative estimate of drug-likeness (QED) is 0.526. The van der Waals surface area contributed by atoms with Crippen molar-refractivity contribution < 1.29 is 9.90 Å². The molecule has 1 saturated heterocycles. The van der Waals surface area contributed by atoms with Crippen molar-refractivity contribution >= 4 is 28.8 Å². The van der Waals surface area contributed by atoms with Crippen LogP contribution in [0.25, 0.3) is 21.6 Å². The Kier molecular flexibility index (Phi) is 6.20. The molecule has 162 valence electrons. The van der Waals surface area contributed by atoms with E-state index in [1.54, 1.807) is 22.3 Å². The highest BCUT2D eigenvalue weighted by molar-refractivity contribution is 7.14.